The topological polar surface area (TPSA) is 80.6 Å². The van der Waals surface area contributed by atoms with Gasteiger partial charge in [-0.3, -0.25) is 4.79 Å². The Morgan fingerprint density at radius 1 is 1.12 bits per heavy atom. The molecule has 2 N–H and O–H groups in total. The van der Waals surface area contributed by atoms with E-state index in [0.29, 0.717) is 11.3 Å². The summed E-state index contributed by atoms with van der Waals surface area (Å²) in [5, 5.41) is 12.6. The van der Waals surface area contributed by atoms with Crippen LogP contribution in [0, 0.1) is 0 Å². The number of carbonyl (C=O) groups excluding carboxylic acids is 2. The van der Waals surface area contributed by atoms with Gasteiger partial charge in [-0.05, 0) is 49.4 Å². The Labute approximate surface area is 152 Å². The average Bonchev–Trinajstić information content (AvgIpc) is 3.05. The summed E-state index contributed by atoms with van der Waals surface area (Å²) in [5.41, 5.74) is 2.89. The van der Waals surface area contributed by atoms with Crippen LogP contribution in [0.2, 0.25) is 0 Å². The van der Waals surface area contributed by atoms with E-state index in [1.807, 2.05) is 18.3 Å². The van der Waals surface area contributed by atoms with Crippen LogP contribution in [0.5, 0.6) is 0 Å². The Kier molecular flexibility index (Phi) is 5.42. The number of nitrogens with one attached hydrogen (secondary N) is 1. The molecule has 1 heterocycles. The van der Waals surface area contributed by atoms with Crippen molar-refractivity contribution in [3.8, 4) is 11.1 Å². The number of aliphatic hydroxyl groups is 1. The Hall–Kier alpha value is -2.60. The molecule has 26 heavy (non-hydrogen) atoms. The van der Waals surface area contributed by atoms with Gasteiger partial charge in [0, 0.05) is 30.4 Å². The molecule has 0 unspecified atom stereocenters. The van der Waals surface area contributed by atoms with Gasteiger partial charge in [0.1, 0.15) is 5.69 Å². The molecular formula is C20H24N2O4. The maximum Gasteiger partial charge on any atom is 0.354 e. The molecule has 0 spiro atoms. The Morgan fingerprint density at radius 2 is 1.77 bits per heavy atom. The highest BCUT2D eigenvalue weighted by Crippen LogP contribution is 2.23. The highest BCUT2D eigenvalue weighted by atomic mass is 16.5. The first-order valence-electron chi connectivity index (χ1n) is 8.82. The van der Waals surface area contributed by atoms with Crippen LogP contribution in [-0.4, -0.2) is 40.8 Å². The number of rotatable bonds is 4. The summed E-state index contributed by atoms with van der Waals surface area (Å²) in [4.78, 5) is 24.1. The van der Waals surface area contributed by atoms with Crippen molar-refractivity contribution in [2.45, 2.75) is 37.8 Å². The summed E-state index contributed by atoms with van der Waals surface area (Å²) in [6.45, 7) is 0. The van der Waals surface area contributed by atoms with Crippen molar-refractivity contribution in [2.75, 3.05) is 7.11 Å². The van der Waals surface area contributed by atoms with Gasteiger partial charge >= 0.3 is 5.97 Å². The van der Waals surface area contributed by atoms with Crippen molar-refractivity contribution >= 4 is 11.9 Å². The minimum Gasteiger partial charge on any atom is -0.464 e. The second-order valence-corrected chi connectivity index (χ2v) is 6.77. The van der Waals surface area contributed by atoms with Gasteiger partial charge in [-0.15, -0.1) is 0 Å². The van der Waals surface area contributed by atoms with Crippen LogP contribution in [0.4, 0.5) is 0 Å². The number of hydrogen-bond donors (Lipinski definition) is 2. The van der Waals surface area contributed by atoms with Crippen molar-refractivity contribution in [1.82, 2.24) is 9.88 Å². The number of nitrogens with zero attached hydrogens (tertiary/aromatic N) is 1. The van der Waals surface area contributed by atoms with Crippen LogP contribution < -0.4 is 5.32 Å². The molecule has 6 nitrogen and oxygen atoms in total. The van der Waals surface area contributed by atoms with E-state index in [4.69, 9.17) is 4.74 Å². The normalized spacial score (nSPS) is 19.8. The van der Waals surface area contributed by atoms with E-state index in [1.165, 1.54) is 7.11 Å². The number of benzene rings is 1. The van der Waals surface area contributed by atoms with Crippen molar-refractivity contribution in [1.29, 1.82) is 0 Å². The fourth-order valence-corrected chi connectivity index (χ4v) is 3.33. The number of methoxy groups -OCH3 is 1. The van der Waals surface area contributed by atoms with E-state index in [-0.39, 0.29) is 24.0 Å². The van der Waals surface area contributed by atoms with Crippen molar-refractivity contribution in [3.05, 3.63) is 47.8 Å². The van der Waals surface area contributed by atoms with E-state index in [0.717, 1.165) is 36.8 Å². The zero-order chi connectivity index (χ0) is 18.7. The van der Waals surface area contributed by atoms with Crippen LogP contribution in [-0.2, 0) is 11.8 Å². The van der Waals surface area contributed by atoms with E-state index in [1.54, 1.807) is 29.8 Å². The number of esters is 1. The molecule has 6 heteroatoms. The fourth-order valence-electron chi connectivity index (χ4n) is 3.33. The highest BCUT2D eigenvalue weighted by molar-refractivity contribution is 5.95. The summed E-state index contributed by atoms with van der Waals surface area (Å²) >= 11 is 0. The number of aryl methyl sites for hydroxylation is 1. The predicted molar refractivity (Wildman–Crippen MR) is 97.9 cm³/mol. The first kappa shape index (κ1) is 18.2. The zero-order valence-electron chi connectivity index (χ0n) is 15.1. The van der Waals surface area contributed by atoms with Gasteiger partial charge in [-0.25, -0.2) is 4.79 Å². The number of aliphatic hydroxyl groups excluding tert-OH is 1. The van der Waals surface area contributed by atoms with Gasteiger partial charge in [-0.2, -0.15) is 0 Å². The van der Waals surface area contributed by atoms with Gasteiger partial charge in [0.05, 0.1) is 13.2 Å². The fraction of sp³-hybridized carbons (Fsp3) is 0.400. The lowest BCUT2D eigenvalue weighted by atomic mass is 9.93. The lowest BCUT2D eigenvalue weighted by Gasteiger charge is -2.26. The lowest BCUT2D eigenvalue weighted by molar-refractivity contribution is 0.0589. The van der Waals surface area contributed by atoms with Crippen molar-refractivity contribution in [2.24, 2.45) is 7.05 Å². The molecule has 1 aliphatic rings. The van der Waals surface area contributed by atoms with E-state index < -0.39 is 0 Å². The maximum atomic E-state index is 12.4. The Bertz CT molecular complexity index is 787. The van der Waals surface area contributed by atoms with Crippen LogP contribution in [0.25, 0.3) is 11.1 Å². The molecule has 0 aliphatic heterocycles. The minimum atomic E-state index is -0.382. The second-order valence-electron chi connectivity index (χ2n) is 6.77. The van der Waals surface area contributed by atoms with Crippen LogP contribution in [0.1, 0.15) is 46.5 Å². The first-order valence-corrected chi connectivity index (χ1v) is 8.82. The minimum absolute atomic E-state index is 0.0961. The quantitative estimate of drug-likeness (QED) is 0.825. The molecule has 138 valence electrons. The molecular weight excluding hydrogens is 332 g/mol. The number of aromatic nitrogens is 1. The molecule has 1 aromatic heterocycles. The van der Waals surface area contributed by atoms with Crippen molar-refractivity contribution < 1.29 is 19.4 Å². The third-order valence-corrected chi connectivity index (χ3v) is 4.91. The number of ether oxygens (including phenoxy) is 1. The van der Waals surface area contributed by atoms with E-state index in [2.05, 4.69) is 5.32 Å². The molecule has 0 atom stereocenters. The number of amides is 1. The molecule has 1 saturated carbocycles. The Morgan fingerprint density at radius 3 is 2.38 bits per heavy atom. The molecule has 1 aliphatic carbocycles. The molecule has 0 saturated heterocycles. The SMILES string of the molecule is COC(=O)c1cc(-c2ccc(C(=O)NC3CCC(O)CC3)cc2)cn1C. The maximum absolute atomic E-state index is 12.4. The highest BCUT2D eigenvalue weighted by Gasteiger charge is 2.21. The van der Waals surface area contributed by atoms with Gasteiger partial charge in [-0.1, -0.05) is 12.1 Å². The third-order valence-electron chi connectivity index (χ3n) is 4.91. The number of hydrogen-bond acceptors (Lipinski definition) is 4. The van der Waals surface area contributed by atoms with Gasteiger partial charge in [0.15, 0.2) is 0 Å². The predicted octanol–water partition coefficient (Wildman–Crippen LogP) is 2.51. The molecule has 0 bridgehead atoms. The zero-order valence-corrected chi connectivity index (χ0v) is 15.1. The molecule has 1 fully saturated rings. The molecule has 1 aromatic carbocycles. The summed E-state index contributed by atoms with van der Waals surface area (Å²) in [6, 6.07) is 9.21. The van der Waals surface area contributed by atoms with Gasteiger partial charge in [0.25, 0.3) is 5.91 Å². The van der Waals surface area contributed by atoms with Crippen LogP contribution in [0.3, 0.4) is 0 Å². The Balaban J connectivity index is 1.68. The molecule has 0 radical (unpaired) electrons. The van der Waals surface area contributed by atoms with Crippen LogP contribution in [0.15, 0.2) is 36.5 Å². The molecule has 2 aromatic rings. The molecule has 1 amide bonds. The monoisotopic (exact) mass is 356 g/mol. The van der Waals surface area contributed by atoms with Crippen LogP contribution >= 0.6 is 0 Å². The standard InChI is InChI=1S/C20H24N2O4/c1-22-12-15(11-18(22)20(25)26-2)13-3-5-14(6-4-13)19(24)21-16-7-9-17(23)10-8-16/h3-6,11-12,16-17,23H,7-10H2,1-2H3,(H,21,24). The van der Waals surface area contributed by atoms with Gasteiger partial charge < -0.3 is 19.7 Å². The average molecular weight is 356 g/mol. The lowest BCUT2D eigenvalue weighted by Crippen LogP contribution is -2.38. The smallest absolute Gasteiger partial charge is 0.354 e. The van der Waals surface area contributed by atoms with Crippen molar-refractivity contribution in [3.63, 3.8) is 0 Å². The van der Waals surface area contributed by atoms with E-state index in [9.17, 15) is 14.7 Å². The summed E-state index contributed by atoms with van der Waals surface area (Å²) in [5.74, 6) is -0.478. The summed E-state index contributed by atoms with van der Waals surface area (Å²) < 4.78 is 6.49. The summed E-state index contributed by atoms with van der Waals surface area (Å²) in [6.07, 6.45) is 4.72. The largest absolute Gasteiger partial charge is 0.464 e. The summed E-state index contributed by atoms with van der Waals surface area (Å²) in [7, 11) is 3.15. The molecule has 3 rings (SSSR count). The van der Waals surface area contributed by atoms with Gasteiger partial charge in [0.2, 0.25) is 0 Å². The third kappa shape index (κ3) is 3.96. The van der Waals surface area contributed by atoms with E-state index >= 15 is 0 Å². The first-order chi connectivity index (χ1) is 12.5. The second kappa shape index (κ2) is 7.74. The number of carbonyl (C=O) groups is 2.